The molecule has 0 amide bonds. The molecule has 0 radical (unpaired) electrons. The van der Waals surface area contributed by atoms with Gasteiger partial charge in [0.2, 0.25) is 5.95 Å². The van der Waals surface area contributed by atoms with Gasteiger partial charge in [0.25, 0.3) is 0 Å². The van der Waals surface area contributed by atoms with E-state index in [2.05, 4.69) is 48.5 Å². The van der Waals surface area contributed by atoms with Gasteiger partial charge in [-0.05, 0) is 38.1 Å². The molecule has 0 bridgehead atoms. The molecule has 3 aromatic rings. The molecule has 214 valence electrons. The lowest BCUT2D eigenvalue weighted by atomic mass is 10.1. The number of anilines is 3. The van der Waals surface area contributed by atoms with Crippen LogP contribution in [0.2, 0.25) is 0 Å². The van der Waals surface area contributed by atoms with Crippen LogP contribution in [0.15, 0.2) is 30.5 Å². The molecule has 3 aromatic heterocycles. The number of hydrogen-bond acceptors (Lipinski definition) is 10. The van der Waals surface area contributed by atoms with Crippen molar-refractivity contribution in [2.24, 2.45) is 5.84 Å². The summed E-state index contributed by atoms with van der Waals surface area (Å²) in [5.74, 6) is 8.14. The predicted octanol–water partition coefficient (Wildman–Crippen LogP) is 4.68. The van der Waals surface area contributed by atoms with Crippen molar-refractivity contribution < 1.29 is 9.47 Å². The van der Waals surface area contributed by atoms with Crippen molar-refractivity contribution in [3.63, 3.8) is 0 Å². The minimum Gasteiger partial charge on any atom is -0.377 e. The molecule has 0 aliphatic carbocycles. The van der Waals surface area contributed by atoms with E-state index < -0.39 is 0 Å². The number of nitrogens with zero attached hydrogens (tertiary/aromatic N) is 7. The van der Waals surface area contributed by atoms with Gasteiger partial charge in [-0.25, -0.2) is 15.8 Å². The summed E-state index contributed by atoms with van der Waals surface area (Å²) in [6.07, 6.45) is 4.38. The van der Waals surface area contributed by atoms with Crippen LogP contribution in [0.4, 0.5) is 17.6 Å². The second-order valence-corrected chi connectivity index (χ2v) is 9.66. The van der Waals surface area contributed by atoms with Gasteiger partial charge in [-0.2, -0.15) is 9.97 Å². The Kier molecular flexibility index (Phi) is 11.6. The maximum Gasteiger partial charge on any atom is 0.229 e. The molecule has 2 aliphatic rings. The number of ether oxygens (including phenoxy) is 2. The number of fused-ring (bicyclic) bond motifs is 1. The predicted molar refractivity (Wildman–Crippen MR) is 160 cm³/mol. The van der Waals surface area contributed by atoms with Crippen LogP contribution in [0, 0.1) is 0 Å². The second-order valence-electron chi connectivity index (χ2n) is 9.66. The van der Waals surface area contributed by atoms with Crippen LogP contribution in [-0.2, 0) is 9.47 Å². The van der Waals surface area contributed by atoms with Crippen LogP contribution >= 0.6 is 0 Å². The summed E-state index contributed by atoms with van der Waals surface area (Å²) < 4.78 is 11.3. The Labute approximate surface area is 233 Å². The third-order valence-electron chi connectivity index (χ3n) is 6.69. The van der Waals surface area contributed by atoms with E-state index in [1.807, 2.05) is 32.0 Å². The SMILES string of the molecule is CC.CCCC.C[C@H]1COCCN1c1nc(N2CCOC[C@@H]2C)c2ccc(-c3ccnc(N(C)N)c3)nc2n1. The highest BCUT2D eigenvalue weighted by molar-refractivity contribution is 5.90. The lowest BCUT2D eigenvalue weighted by molar-refractivity contribution is 0.0973. The topological polar surface area (TPSA) is 106 Å². The minimum absolute atomic E-state index is 0.192. The normalized spacial score (nSPS) is 19.1. The van der Waals surface area contributed by atoms with Crippen LogP contribution in [0.25, 0.3) is 22.3 Å². The van der Waals surface area contributed by atoms with Gasteiger partial charge in [0.15, 0.2) is 5.65 Å². The first kappa shape index (κ1) is 30.5. The standard InChI is InChI=1S/C23H30N8O2.C4H10.C2H6/c1-15-13-32-10-8-30(15)22-18-4-5-19(17-6-7-25-20(12-17)29(3)24)26-21(18)27-23(28-22)31-9-11-33-14-16(31)2;1-3-4-2;1-2/h4-7,12,15-16H,8-11,13-14,24H2,1-3H3;3-4H2,1-2H3;1-2H3/t15-,16-;;/m0../s1. The number of nitrogens with two attached hydrogens (primary N) is 1. The number of hydrogen-bond donors (Lipinski definition) is 1. The minimum atomic E-state index is 0.192. The van der Waals surface area contributed by atoms with Gasteiger partial charge in [0, 0.05) is 31.9 Å². The number of unbranched alkanes of at least 4 members (excludes halogenated alkanes) is 1. The van der Waals surface area contributed by atoms with Crippen molar-refractivity contribution in [1.82, 2.24) is 19.9 Å². The summed E-state index contributed by atoms with van der Waals surface area (Å²) in [4.78, 5) is 23.7. The molecule has 2 N–H and O–H groups in total. The van der Waals surface area contributed by atoms with E-state index in [1.165, 1.54) is 17.9 Å². The molecule has 0 unspecified atom stereocenters. The fourth-order valence-corrected chi connectivity index (χ4v) is 4.33. The Morgan fingerprint density at radius 2 is 1.56 bits per heavy atom. The van der Waals surface area contributed by atoms with E-state index in [-0.39, 0.29) is 12.1 Å². The van der Waals surface area contributed by atoms with E-state index in [0.29, 0.717) is 43.8 Å². The largest absolute Gasteiger partial charge is 0.377 e. The van der Waals surface area contributed by atoms with Crippen LogP contribution in [0.5, 0.6) is 0 Å². The summed E-state index contributed by atoms with van der Waals surface area (Å²) in [7, 11) is 1.76. The first-order chi connectivity index (χ1) is 18.9. The van der Waals surface area contributed by atoms with Crippen LogP contribution < -0.4 is 20.7 Å². The van der Waals surface area contributed by atoms with E-state index in [4.69, 9.17) is 30.3 Å². The summed E-state index contributed by atoms with van der Waals surface area (Å²) in [6.45, 7) is 16.9. The Hall–Kier alpha value is -3.08. The maximum atomic E-state index is 5.88. The van der Waals surface area contributed by atoms with Crippen molar-refractivity contribution >= 4 is 28.6 Å². The lowest BCUT2D eigenvalue weighted by Gasteiger charge is -2.37. The zero-order valence-electron chi connectivity index (χ0n) is 24.7. The highest BCUT2D eigenvalue weighted by atomic mass is 16.5. The molecule has 39 heavy (non-hydrogen) atoms. The molecule has 10 heteroatoms. The van der Waals surface area contributed by atoms with Crippen molar-refractivity contribution in [2.45, 2.75) is 66.5 Å². The quantitative estimate of drug-likeness (QED) is 0.363. The monoisotopic (exact) mass is 538 g/mol. The first-order valence-electron chi connectivity index (χ1n) is 14.2. The van der Waals surface area contributed by atoms with E-state index in [9.17, 15) is 0 Å². The lowest BCUT2D eigenvalue weighted by Crippen LogP contribution is -2.46. The third kappa shape index (κ3) is 7.52. The maximum absolute atomic E-state index is 5.88. The number of rotatable bonds is 5. The van der Waals surface area contributed by atoms with Gasteiger partial charge in [-0.15, -0.1) is 0 Å². The van der Waals surface area contributed by atoms with Gasteiger partial charge in [-0.3, -0.25) is 5.01 Å². The smallest absolute Gasteiger partial charge is 0.229 e. The van der Waals surface area contributed by atoms with Crippen LogP contribution in [0.3, 0.4) is 0 Å². The van der Waals surface area contributed by atoms with Gasteiger partial charge < -0.3 is 19.3 Å². The Balaban J connectivity index is 0.000000644. The van der Waals surface area contributed by atoms with Crippen molar-refractivity contribution in [3.05, 3.63) is 30.5 Å². The van der Waals surface area contributed by atoms with Gasteiger partial charge in [-0.1, -0.05) is 40.5 Å². The number of pyridine rings is 2. The molecule has 2 saturated heterocycles. The van der Waals surface area contributed by atoms with Gasteiger partial charge >= 0.3 is 0 Å². The fraction of sp³-hybridized carbons (Fsp3) is 0.586. The zero-order valence-corrected chi connectivity index (χ0v) is 24.7. The Morgan fingerprint density at radius 3 is 2.15 bits per heavy atom. The molecule has 0 spiro atoms. The van der Waals surface area contributed by atoms with Crippen molar-refractivity contribution in [1.29, 1.82) is 0 Å². The average molecular weight is 539 g/mol. The van der Waals surface area contributed by atoms with Gasteiger partial charge in [0.05, 0.1) is 49.6 Å². The van der Waals surface area contributed by atoms with Crippen molar-refractivity contribution in [2.75, 3.05) is 61.4 Å². The molecule has 0 aromatic carbocycles. The molecular formula is C29H46N8O2. The zero-order chi connectivity index (χ0) is 28.4. The van der Waals surface area contributed by atoms with Gasteiger partial charge in [0.1, 0.15) is 11.6 Å². The van der Waals surface area contributed by atoms with E-state index in [1.54, 1.807) is 13.2 Å². The van der Waals surface area contributed by atoms with Crippen molar-refractivity contribution in [3.8, 4) is 11.3 Å². The summed E-state index contributed by atoms with van der Waals surface area (Å²) >= 11 is 0. The molecule has 2 fully saturated rings. The molecular weight excluding hydrogens is 492 g/mol. The third-order valence-corrected chi connectivity index (χ3v) is 6.69. The molecule has 5 rings (SSSR count). The van der Waals surface area contributed by atoms with Crippen LogP contribution in [0.1, 0.15) is 54.4 Å². The first-order valence-corrected chi connectivity index (χ1v) is 14.2. The average Bonchev–Trinajstić information content (AvgIpc) is 2.98. The molecule has 5 heterocycles. The molecule has 0 saturated carbocycles. The Morgan fingerprint density at radius 1 is 0.923 bits per heavy atom. The number of aromatic nitrogens is 4. The summed E-state index contributed by atoms with van der Waals surface area (Å²) in [6, 6.07) is 8.33. The highest BCUT2D eigenvalue weighted by Crippen LogP contribution is 2.31. The second kappa shape index (κ2) is 14.9. The Bertz CT molecular complexity index is 1170. The summed E-state index contributed by atoms with van der Waals surface area (Å²) in [5, 5.41) is 2.42. The molecule has 10 nitrogen and oxygen atoms in total. The number of morpholine rings is 2. The summed E-state index contributed by atoms with van der Waals surface area (Å²) in [5.41, 5.74) is 2.42. The fourth-order valence-electron chi connectivity index (χ4n) is 4.33. The number of hydrazine groups is 1. The van der Waals surface area contributed by atoms with E-state index >= 15 is 0 Å². The van der Waals surface area contributed by atoms with E-state index in [0.717, 1.165) is 35.6 Å². The molecule has 2 atom stereocenters. The molecule has 2 aliphatic heterocycles. The van der Waals surface area contributed by atoms with Crippen LogP contribution in [-0.4, -0.2) is 78.6 Å². The highest BCUT2D eigenvalue weighted by Gasteiger charge is 2.27.